The van der Waals surface area contributed by atoms with E-state index < -0.39 is 10.0 Å². The number of aromatic nitrogens is 1. The van der Waals surface area contributed by atoms with Crippen LogP contribution in [0.4, 0.5) is 10.8 Å². The van der Waals surface area contributed by atoms with Gasteiger partial charge in [0.2, 0.25) is 0 Å². The topological polar surface area (TPSA) is 83.1 Å². The Balaban J connectivity index is 0.00000387. The van der Waals surface area contributed by atoms with Crippen LogP contribution in [-0.2, 0) is 14.8 Å². The minimum atomic E-state index is -3.80. The van der Waals surface area contributed by atoms with E-state index in [1.54, 1.807) is 48.2 Å². The Morgan fingerprint density at radius 3 is 2.41 bits per heavy atom. The molecule has 0 atom stereocenters. The van der Waals surface area contributed by atoms with Crippen molar-refractivity contribution in [1.29, 1.82) is 0 Å². The van der Waals surface area contributed by atoms with E-state index in [9.17, 15) is 13.2 Å². The number of fused-ring (bicyclic) bond motifs is 1. The van der Waals surface area contributed by atoms with Crippen molar-refractivity contribution in [3.8, 4) is 0 Å². The second-order valence-electron chi connectivity index (χ2n) is 9.51. The van der Waals surface area contributed by atoms with E-state index in [0.717, 1.165) is 28.9 Å². The lowest BCUT2D eigenvalue weighted by Gasteiger charge is -2.29. The van der Waals surface area contributed by atoms with Gasteiger partial charge in [0.05, 0.1) is 34.0 Å². The Kier molecular flexibility index (Phi) is 10.3. The normalized spacial score (nSPS) is 14.0. The third kappa shape index (κ3) is 6.85. The van der Waals surface area contributed by atoms with Crippen LogP contribution in [0.5, 0.6) is 0 Å². The van der Waals surface area contributed by atoms with Gasteiger partial charge in [-0.1, -0.05) is 41.1 Å². The second-order valence-corrected chi connectivity index (χ2v) is 12.8. The van der Waals surface area contributed by atoms with Gasteiger partial charge in [-0.2, -0.15) is 0 Å². The number of ether oxygens (including phenoxy) is 1. The largest absolute Gasteiger partial charge is 0.379 e. The van der Waals surface area contributed by atoms with Crippen LogP contribution in [0.2, 0.25) is 5.02 Å². The van der Waals surface area contributed by atoms with Crippen molar-refractivity contribution < 1.29 is 17.9 Å². The van der Waals surface area contributed by atoms with Gasteiger partial charge in [0.15, 0.2) is 5.13 Å². The quantitative estimate of drug-likeness (QED) is 0.229. The highest BCUT2D eigenvalue weighted by Crippen LogP contribution is 2.34. The summed E-state index contributed by atoms with van der Waals surface area (Å²) >= 11 is 7.70. The van der Waals surface area contributed by atoms with Crippen molar-refractivity contribution in [3.05, 3.63) is 82.9 Å². The van der Waals surface area contributed by atoms with Crippen molar-refractivity contribution >= 4 is 72.3 Å². The number of rotatable bonds is 9. The summed E-state index contributed by atoms with van der Waals surface area (Å²) in [6.45, 7) is 8.07. The molecule has 8 nitrogen and oxygen atoms in total. The van der Waals surface area contributed by atoms with Crippen molar-refractivity contribution in [2.75, 3.05) is 55.1 Å². The second kappa shape index (κ2) is 13.5. The molecule has 0 spiro atoms. The predicted octanol–water partition coefficient (Wildman–Crippen LogP) is 5.87. The summed E-state index contributed by atoms with van der Waals surface area (Å²) in [7, 11) is -3.80. The zero-order chi connectivity index (χ0) is 28.3. The van der Waals surface area contributed by atoms with Gasteiger partial charge in [0.25, 0.3) is 15.9 Å². The minimum Gasteiger partial charge on any atom is -0.379 e. The molecule has 0 saturated carbocycles. The molecule has 1 saturated heterocycles. The SMILES string of the molecule is CCN(c1ccccc1)S(=O)(=O)c1ccc(C(=O)N(CCN2CCOCC2)c2nc3c(C)cc(Cl)cc3s2)cc1.Cl. The molecular formula is C29H32Cl2N4O4S2. The molecule has 1 aliphatic rings. The minimum absolute atomic E-state index is 0. The van der Waals surface area contributed by atoms with Gasteiger partial charge in [-0.25, -0.2) is 13.4 Å². The highest BCUT2D eigenvalue weighted by Gasteiger charge is 2.26. The molecule has 1 amide bonds. The molecule has 3 aromatic carbocycles. The zero-order valence-corrected chi connectivity index (χ0v) is 26.0. The fraction of sp³-hybridized carbons (Fsp3) is 0.310. The smallest absolute Gasteiger partial charge is 0.264 e. The molecule has 0 bridgehead atoms. The number of nitrogens with zero attached hydrogens (tertiary/aromatic N) is 4. The maximum atomic E-state index is 13.9. The lowest BCUT2D eigenvalue weighted by Crippen LogP contribution is -2.43. The third-order valence-corrected chi connectivity index (χ3v) is 10.0. The number of thiazole rings is 1. The van der Waals surface area contributed by atoms with Crippen LogP contribution in [0.3, 0.4) is 0 Å². The third-order valence-electron chi connectivity index (χ3n) is 6.88. The Bertz CT molecular complexity index is 1590. The number of amides is 1. The van der Waals surface area contributed by atoms with Crippen LogP contribution in [-0.4, -0.2) is 70.1 Å². The predicted molar refractivity (Wildman–Crippen MR) is 169 cm³/mol. The number of hydrogen-bond donors (Lipinski definition) is 0. The maximum Gasteiger partial charge on any atom is 0.264 e. The summed E-state index contributed by atoms with van der Waals surface area (Å²) in [6.07, 6.45) is 0. The fourth-order valence-electron chi connectivity index (χ4n) is 4.75. The highest BCUT2D eigenvalue weighted by molar-refractivity contribution is 7.92. The lowest BCUT2D eigenvalue weighted by atomic mass is 10.2. The van der Waals surface area contributed by atoms with E-state index in [1.807, 2.05) is 25.1 Å². The Hall–Kier alpha value is -2.73. The van der Waals surface area contributed by atoms with E-state index in [2.05, 4.69) is 4.90 Å². The van der Waals surface area contributed by atoms with Crippen molar-refractivity contribution in [2.45, 2.75) is 18.7 Å². The van der Waals surface area contributed by atoms with Crippen molar-refractivity contribution in [2.24, 2.45) is 0 Å². The number of para-hydroxylation sites is 1. The lowest BCUT2D eigenvalue weighted by molar-refractivity contribution is 0.0391. The Morgan fingerprint density at radius 2 is 1.76 bits per heavy atom. The Morgan fingerprint density at radius 1 is 1.07 bits per heavy atom. The summed E-state index contributed by atoms with van der Waals surface area (Å²) in [5.41, 5.74) is 2.73. The van der Waals surface area contributed by atoms with Gasteiger partial charge in [-0.05, 0) is 67.9 Å². The van der Waals surface area contributed by atoms with Gasteiger partial charge < -0.3 is 4.74 Å². The average molecular weight is 636 g/mol. The van der Waals surface area contributed by atoms with Gasteiger partial charge in [0.1, 0.15) is 0 Å². The molecule has 218 valence electrons. The number of sulfonamides is 1. The summed E-state index contributed by atoms with van der Waals surface area (Å²) in [4.78, 5) is 22.8. The van der Waals surface area contributed by atoms with Crippen LogP contribution in [0.1, 0.15) is 22.8 Å². The van der Waals surface area contributed by atoms with Gasteiger partial charge in [-0.15, -0.1) is 12.4 Å². The number of carbonyl (C=O) groups excluding carboxylic acids is 1. The molecule has 5 rings (SSSR count). The number of hydrogen-bond acceptors (Lipinski definition) is 7. The number of aryl methyl sites for hydroxylation is 1. The number of benzene rings is 3. The summed E-state index contributed by atoms with van der Waals surface area (Å²) in [5, 5.41) is 1.20. The molecule has 4 aromatic rings. The molecular weight excluding hydrogens is 603 g/mol. The zero-order valence-electron chi connectivity index (χ0n) is 22.8. The average Bonchev–Trinajstić information content (AvgIpc) is 3.38. The molecule has 41 heavy (non-hydrogen) atoms. The van der Waals surface area contributed by atoms with E-state index in [-0.39, 0.29) is 29.8 Å². The van der Waals surface area contributed by atoms with Crippen LogP contribution < -0.4 is 9.21 Å². The first-order valence-corrected chi connectivity index (χ1v) is 15.8. The van der Waals surface area contributed by atoms with Gasteiger partial charge in [0, 0.05) is 43.3 Å². The van der Waals surface area contributed by atoms with Crippen molar-refractivity contribution in [3.63, 3.8) is 0 Å². The molecule has 12 heteroatoms. The van der Waals surface area contributed by atoms with Gasteiger partial charge in [-0.3, -0.25) is 18.9 Å². The standard InChI is InChI=1S/C29H31ClN4O4S2.ClH/c1-3-34(24-7-5-4-6-8-24)40(36,37)25-11-9-22(10-12-25)28(35)33(14-13-32-15-17-38-18-16-32)29-31-27-21(2)19-23(30)20-26(27)39-29;/h4-12,19-20H,3,13-18H2,1-2H3;1H. The van der Waals surface area contributed by atoms with Crippen LogP contribution >= 0.6 is 35.3 Å². The number of carbonyl (C=O) groups is 1. The first-order chi connectivity index (χ1) is 19.3. The fourth-order valence-corrected chi connectivity index (χ4v) is 7.66. The maximum absolute atomic E-state index is 13.9. The molecule has 0 aliphatic carbocycles. The summed E-state index contributed by atoms with van der Waals surface area (Å²) in [5.74, 6) is -0.240. The summed E-state index contributed by atoms with van der Waals surface area (Å²) in [6, 6.07) is 18.8. The molecule has 0 radical (unpaired) electrons. The highest BCUT2D eigenvalue weighted by atomic mass is 35.5. The first-order valence-electron chi connectivity index (χ1n) is 13.1. The van der Waals surface area contributed by atoms with Gasteiger partial charge >= 0.3 is 0 Å². The number of halogens is 2. The van der Waals surface area contributed by atoms with Crippen LogP contribution in [0, 0.1) is 6.92 Å². The molecule has 2 heterocycles. The molecule has 1 aromatic heterocycles. The summed E-state index contributed by atoms with van der Waals surface area (Å²) < 4.78 is 34.6. The van der Waals surface area contributed by atoms with E-state index in [0.29, 0.717) is 47.7 Å². The van der Waals surface area contributed by atoms with Crippen LogP contribution in [0.15, 0.2) is 71.6 Å². The van der Waals surface area contributed by atoms with Crippen molar-refractivity contribution in [1.82, 2.24) is 9.88 Å². The molecule has 0 unspecified atom stereocenters. The molecule has 1 fully saturated rings. The van der Waals surface area contributed by atoms with E-state index in [4.69, 9.17) is 21.3 Å². The molecule has 1 aliphatic heterocycles. The Labute approximate surface area is 256 Å². The van der Waals surface area contributed by atoms with E-state index in [1.165, 1.54) is 27.8 Å². The molecule has 0 N–H and O–H groups in total. The first kappa shape index (κ1) is 31.2. The monoisotopic (exact) mass is 634 g/mol. The number of morpholine rings is 1. The van der Waals surface area contributed by atoms with E-state index >= 15 is 0 Å². The number of anilines is 2. The van der Waals surface area contributed by atoms with Crippen LogP contribution in [0.25, 0.3) is 10.2 Å².